The summed E-state index contributed by atoms with van der Waals surface area (Å²) in [7, 11) is 1.39. The van der Waals surface area contributed by atoms with Crippen molar-refractivity contribution in [2.45, 2.75) is 25.3 Å². The number of anilines is 1. The molecule has 0 unspecified atom stereocenters. The van der Waals surface area contributed by atoms with Crippen LogP contribution in [-0.2, 0) is 11.3 Å². The first-order valence-electron chi connectivity index (χ1n) is 8.14. The number of carbonyl (C=O) groups is 1. The van der Waals surface area contributed by atoms with Gasteiger partial charge in [-0.2, -0.15) is 0 Å². The fourth-order valence-corrected chi connectivity index (χ4v) is 2.70. The molecule has 126 valence electrons. The van der Waals surface area contributed by atoms with E-state index in [-0.39, 0.29) is 5.97 Å². The van der Waals surface area contributed by atoms with E-state index in [0.717, 1.165) is 29.7 Å². The Morgan fingerprint density at radius 1 is 1.16 bits per heavy atom. The van der Waals surface area contributed by atoms with Crippen LogP contribution in [0, 0.1) is 0 Å². The molecule has 0 aromatic carbocycles. The first kappa shape index (κ1) is 15.4. The highest BCUT2D eigenvalue weighted by atomic mass is 16.5. The van der Waals surface area contributed by atoms with Crippen molar-refractivity contribution in [1.29, 1.82) is 0 Å². The summed E-state index contributed by atoms with van der Waals surface area (Å²) >= 11 is 0. The summed E-state index contributed by atoms with van der Waals surface area (Å²) < 4.78 is 4.85. The molecule has 1 N–H and O–H groups in total. The maximum Gasteiger partial charge on any atom is 0.339 e. The highest BCUT2D eigenvalue weighted by Crippen LogP contribution is 2.40. The molecule has 1 aliphatic rings. The number of ether oxygens (including phenoxy) is 1. The normalized spacial score (nSPS) is 13.6. The Morgan fingerprint density at radius 2 is 2.00 bits per heavy atom. The number of nitrogens with one attached hydrogen (secondary N) is 1. The topological polar surface area (TPSA) is 89.9 Å². The van der Waals surface area contributed by atoms with Crippen LogP contribution in [0.25, 0.3) is 11.2 Å². The third kappa shape index (κ3) is 3.26. The number of rotatable bonds is 5. The van der Waals surface area contributed by atoms with E-state index in [1.165, 1.54) is 7.11 Å². The number of aromatic nitrogens is 4. The highest BCUT2D eigenvalue weighted by molar-refractivity contribution is 5.90. The lowest BCUT2D eigenvalue weighted by molar-refractivity contribution is 0.0598. The van der Waals surface area contributed by atoms with Crippen LogP contribution in [0.2, 0.25) is 0 Å². The van der Waals surface area contributed by atoms with Crippen LogP contribution in [0.1, 0.15) is 40.5 Å². The largest absolute Gasteiger partial charge is 0.465 e. The predicted molar refractivity (Wildman–Crippen MR) is 92.2 cm³/mol. The zero-order chi connectivity index (χ0) is 17.2. The third-order valence-corrected chi connectivity index (χ3v) is 4.13. The summed E-state index contributed by atoms with van der Waals surface area (Å²) in [4.78, 5) is 29.4. The van der Waals surface area contributed by atoms with Gasteiger partial charge in [0.25, 0.3) is 0 Å². The maximum absolute atomic E-state index is 11.9. The van der Waals surface area contributed by atoms with Crippen molar-refractivity contribution in [2.75, 3.05) is 12.4 Å². The molecule has 0 bridgehead atoms. The molecule has 0 spiro atoms. The van der Waals surface area contributed by atoms with Crippen LogP contribution in [0.5, 0.6) is 0 Å². The second-order valence-corrected chi connectivity index (χ2v) is 5.95. The van der Waals surface area contributed by atoms with Crippen LogP contribution < -0.4 is 5.32 Å². The van der Waals surface area contributed by atoms with Gasteiger partial charge in [0.2, 0.25) is 0 Å². The summed E-state index contributed by atoms with van der Waals surface area (Å²) in [5.74, 6) is 0.742. The molecule has 3 heterocycles. The van der Waals surface area contributed by atoms with Gasteiger partial charge in [0, 0.05) is 18.3 Å². The van der Waals surface area contributed by atoms with E-state index in [0.29, 0.717) is 29.5 Å². The SMILES string of the molecule is COC(=O)c1ccc(CNc2ccc3nccnc3n2)nc1C1CC1. The second kappa shape index (κ2) is 6.43. The summed E-state index contributed by atoms with van der Waals surface area (Å²) in [5.41, 5.74) is 3.61. The Hall–Kier alpha value is -3.09. The van der Waals surface area contributed by atoms with Crippen LogP contribution in [0.3, 0.4) is 0 Å². The molecule has 0 aliphatic heterocycles. The quantitative estimate of drug-likeness (QED) is 0.717. The first-order chi connectivity index (χ1) is 12.2. The summed E-state index contributed by atoms with van der Waals surface area (Å²) in [6, 6.07) is 7.37. The Bertz CT molecular complexity index is 940. The van der Waals surface area contributed by atoms with Gasteiger partial charge in [0.15, 0.2) is 5.65 Å². The Morgan fingerprint density at radius 3 is 2.80 bits per heavy atom. The minimum Gasteiger partial charge on any atom is -0.465 e. The van der Waals surface area contributed by atoms with Crippen molar-refractivity contribution in [2.24, 2.45) is 0 Å². The summed E-state index contributed by atoms with van der Waals surface area (Å²) in [6.45, 7) is 0.514. The lowest BCUT2D eigenvalue weighted by atomic mass is 10.1. The lowest BCUT2D eigenvalue weighted by Crippen LogP contribution is -2.10. The molecule has 1 fully saturated rings. The molecule has 0 saturated heterocycles. The molecule has 0 atom stereocenters. The molecule has 1 aliphatic carbocycles. The van der Waals surface area contributed by atoms with Gasteiger partial charge in [-0.3, -0.25) is 9.97 Å². The molecule has 0 amide bonds. The monoisotopic (exact) mass is 335 g/mol. The zero-order valence-corrected chi connectivity index (χ0v) is 13.8. The van der Waals surface area contributed by atoms with Gasteiger partial charge in [-0.05, 0) is 37.1 Å². The average Bonchev–Trinajstić information content (AvgIpc) is 3.50. The number of fused-ring (bicyclic) bond motifs is 1. The molecule has 3 aromatic heterocycles. The predicted octanol–water partition coefficient (Wildman–Crippen LogP) is 2.70. The van der Waals surface area contributed by atoms with E-state index in [1.807, 2.05) is 18.2 Å². The van der Waals surface area contributed by atoms with Crippen molar-refractivity contribution in [3.05, 3.63) is 53.6 Å². The minimum atomic E-state index is -0.330. The zero-order valence-electron chi connectivity index (χ0n) is 13.8. The Labute approximate surface area is 144 Å². The number of nitrogens with zero attached hydrogens (tertiary/aromatic N) is 4. The number of hydrogen-bond acceptors (Lipinski definition) is 7. The van der Waals surface area contributed by atoms with Crippen molar-refractivity contribution >= 4 is 23.0 Å². The smallest absolute Gasteiger partial charge is 0.339 e. The second-order valence-electron chi connectivity index (χ2n) is 5.95. The Balaban J connectivity index is 1.53. The van der Waals surface area contributed by atoms with Gasteiger partial charge in [0.05, 0.1) is 30.6 Å². The molecule has 4 rings (SSSR count). The van der Waals surface area contributed by atoms with Gasteiger partial charge in [-0.25, -0.2) is 14.8 Å². The van der Waals surface area contributed by atoms with Crippen LogP contribution >= 0.6 is 0 Å². The number of carbonyl (C=O) groups excluding carboxylic acids is 1. The van der Waals surface area contributed by atoms with E-state index in [1.54, 1.807) is 18.5 Å². The number of methoxy groups -OCH3 is 1. The Kier molecular flexibility index (Phi) is 3.97. The highest BCUT2D eigenvalue weighted by Gasteiger charge is 2.30. The van der Waals surface area contributed by atoms with E-state index >= 15 is 0 Å². The molecule has 1 saturated carbocycles. The van der Waals surface area contributed by atoms with Crippen LogP contribution in [0.15, 0.2) is 36.7 Å². The van der Waals surface area contributed by atoms with Gasteiger partial charge in [-0.1, -0.05) is 0 Å². The first-order valence-corrected chi connectivity index (χ1v) is 8.14. The van der Waals surface area contributed by atoms with E-state index in [4.69, 9.17) is 4.74 Å². The molecule has 3 aromatic rings. The molecular weight excluding hydrogens is 318 g/mol. The fourth-order valence-electron chi connectivity index (χ4n) is 2.70. The van der Waals surface area contributed by atoms with Crippen LogP contribution in [-0.4, -0.2) is 33.0 Å². The summed E-state index contributed by atoms with van der Waals surface area (Å²) in [6.07, 6.45) is 5.40. The van der Waals surface area contributed by atoms with Crippen molar-refractivity contribution in [1.82, 2.24) is 19.9 Å². The fraction of sp³-hybridized carbons (Fsp3) is 0.278. The number of pyridine rings is 2. The van der Waals surface area contributed by atoms with E-state index < -0.39 is 0 Å². The molecule has 25 heavy (non-hydrogen) atoms. The molecule has 7 nitrogen and oxygen atoms in total. The third-order valence-electron chi connectivity index (χ3n) is 4.13. The van der Waals surface area contributed by atoms with Gasteiger partial charge < -0.3 is 10.1 Å². The molecule has 7 heteroatoms. The van der Waals surface area contributed by atoms with Crippen molar-refractivity contribution < 1.29 is 9.53 Å². The number of hydrogen-bond donors (Lipinski definition) is 1. The molecular formula is C18H17N5O2. The van der Waals surface area contributed by atoms with Crippen molar-refractivity contribution in [3.8, 4) is 0 Å². The lowest BCUT2D eigenvalue weighted by Gasteiger charge is -2.10. The molecule has 0 radical (unpaired) electrons. The average molecular weight is 335 g/mol. The summed E-state index contributed by atoms with van der Waals surface area (Å²) in [5, 5.41) is 3.24. The maximum atomic E-state index is 11.9. The van der Waals surface area contributed by atoms with Gasteiger partial charge >= 0.3 is 5.97 Å². The van der Waals surface area contributed by atoms with Crippen LogP contribution in [0.4, 0.5) is 5.82 Å². The van der Waals surface area contributed by atoms with E-state index in [9.17, 15) is 4.79 Å². The number of esters is 1. The standard InChI is InChI=1S/C18H17N5O2/c1-25-18(24)13-5-4-12(22-16(13)11-2-3-11)10-21-15-7-6-14-17(23-15)20-9-8-19-14/h4-9,11H,2-3,10H2,1H3,(H,20,21,23). The minimum absolute atomic E-state index is 0.330. The van der Waals surface area contributed by atoms with Gasteiger partial charge in [-0.15, -0.1) is 0 Å². The van der Waals surface area contributed by atoms with Crippen molar-refractivity contribution in [3.63, 3.8) is 0 Å². The van der Waals surface area contributed by atoms with Gasteiger partial charge in [0.1, 0.15) is 11.3 Å². The van der Waals surface area contributed by atoms with E-state index in [2.05, 4.69) is 25.3 Å².